The molecule has 9 aromatic carbocycles. The molecule has 294 valence electrons. The number of hydrogen-bond acceptors (Lipinski definition) is 4. The SMILES string of the molecule is c1ccc(-c2ccc3c(c2)c2cccc(-c4cccc(-c5cccc6c5oc5ccccc56)c4)c2n3-c2cc(-c3ccc4c(c3)oc3ccccc34)nc(-c3ccccc3)n2)cc1. The highest BCUT2D eigenvalue weighted by Crippen LogP contribution is 2.43. The second kappa shape index (κ2) is 14.0. The van der Waals surface area contributed by atoms with Gasteiger partial charge < -0.3 is 8.83 Å². The van der Waals surface area contributed by atoms with E-state index in [4.69, 9.17) is 18.8 Å². The van der Waals surface area contributed by atoms with Crippen molar-refractivity contribution in [3.8, 4) is 61.8 Å². The quantitative estimate of drug-likeness (QED) is 0.168. The van der Waals surface area contributed by atoms with E-state index in [2.05, 4.69) is 168 Å². The summed E-state index contributed by atoms with van der Waals surface area (Å²) in [4.78, 5) is 10.7. The lowest BCUT2D eigenvalue weighted by Gasteiger charge is -2.14. The Balaban J connectivity index is 1.07. The van der Waals surface area contributed by atoms with Gasteiger partial charge in [-0.2, -0.15) is 0 Å². The molecule has 5 heteroatoms. The molecule has 13 aromatic rings. The first-order chi connectivity index (χ1) is 31.2. The number of nitrogens with zero attached hydrogens (tertiary/aromatic N) is 3. The maximum Gasteiger partial charge on any atom is 0.162 e. The fraction of sp³-hybridized carbons (Fsp3) is 0. The Morgan fingerprint density at radius 1 is 0.333 bits per heavy atom. The molecule has 0 N–H and O–H groups in total. The fourth-order valence-corrected chi connectivity index (χ4v) is 9.48. The third-order valence-electron chi connectivity index (χ3n) is 12.4. The van der Waals surface area contributed by atoms with Gasteiger partial charge in [0.2, 0.25) is 0 Å². The Labute approximate surface area is 361 Å². The highest BCUT2D eigenvalue weighted by molar-refractivity contribution is 6.15. The number of para-hydroxylation sites is 4. The van der Waals surface area contributed by atoms with Crippen molar-refractivity contribution < 1.29 is 8.83 Å². The molecule has 13 rings (SSSR count). The molecule has 0 amide bonds. The molecule has 0 aliphatic carbocycles. The van der Waals surface area contributed by atoms with E-state index >= 15 is 0 Å². The molecule has 5 nitrogen and oxygen atoms in total. The van der Waals surface area contributed by atoms with Gasteiger partial charge >= 0.3 is 0 Å². The minimum Gasteiger partial charge on any atom is -0.456 e. The summed E-state index contributed by atoms with van der Waals surface area (Å²) in [7, 11) is 0. The summed E-state index contributed by atoms with van der Waals surface area (Å²) >= 11 is 0. The van der Waals surface area contributed by atoms with Gasteiger partial charge in [-0.1, -0.05) is 164 Å². The molecule has 0 radical (unpaired) electrons. The first-order valence-corrected chi connectivity index (χ1v) is 21.2. The Morgan fingerprint density at radius 3 is 1.75 bits per heavy atom. The second-order valence-electron chi connectivity index (χ2n) is 16.1. The Hall–Kier alpha value is -8.54. The predicted molar refractivity (Wildman–Crippen MR) is 258 cm³/mol. The van der Waals surface area contributed by atoms with Crippen LogP contribution in [0.15, 0.2) is 221 Å². The van der Waals surface area contributed by atoms with Crippen molar-refractivity contribution >= 4 is 65.7 Å². The molecule has 0 fully saturated rings. The van der Waals surface area contributed by atoms with Crippen LogP contribution in [-0.2, 0) is 0 Å². The van der Waals surface area contributed by atoms with E-state index in [-0.39, 0.29) is 0 Å². The molecular formula is C58H35N3O2. The number of hydrogen-bond donors (Lipinski definition) is 0. The van der Waals surface area contributed by atoms with Crippen LogP contribution in [0, 0.1) is 0 Å². The highest BCUT2D eigenvalue weighted by Gasteiger charge is 2.21. The topological polar surface area (TPSA) is 57.0 Å². The maximum atomic E-state index is 6.53. The average Bonchev–Trinajstić information content (AvgIpc) is 4.04. The van der Waals surface area contributed by atoms with Gasteiger partial charge in [0.1, 0.15) is 28.1 Å². The highest BCUT2D eigenvalue weighted by atomic mass is 16.3. The average molecular weight is 806 g/mol. The minimum atomic E-state index is 0.641. The summed E-state index contributed by atoms with van der Waals surface area (Å²) in [6.45, 7) is 0. The van der Waals surface area contributed by atoms with Gasteiger partial charge in [-0.3, -0.25) is 4.57 Å². The minimum absolute atomic E-state index is 0.641. The maximum absolute atomic E-state index is 6.53. The lowest BCUT2D eigenvalue weighted by Crippen LogP contribution is -2.03. The van der Waals surface area contributed by atoms with Crippen LogP contribution in [0.1, 0.15) is 0 Å². The monoisotopic (exact) mass is 805 g/mol. The lowest BCUT2D eigenvalue weighted by atomic mass is 9.96. The van der Waals surface area contributed by atoms with Crippen LogP contribution in [0.5, 0.6) is 0 Å². The Bertz CT molecular complexity index is 3910. The van der Waals surface area contributed by atoms with Gasteiger partial charge in [-0.15, -0.1) is 0 Å². The van der Waals surface area contributed by atoms with E-state index in [1.165, 1.54) is 5.56 Å². The van der Waals surface area contributed by atoms with Crippen LogP contribution < -0.4 is 0 Å². The molecule has 0 saturated carbocycles. The molecule has 0 bridgehead atoms. The van der Waals surface area contributed by atoms with E-state index in [0.29, 0.717) is 5.82 Å². The number of aromatic nitrogens is 3. The van der Waals surface area contributed by atoms with Crippen LogP contribution in [0.4, 0.5) is 0 Å². The standard InChI is InChI=1S/C58H35N3O2/c1-3-14-36(15-4-1)38-29-31-51-49(33-38)47-24-12-22-42(39-18-11-19-40(32-39)43-23-13-25-48-45-21-8-10-27-53(45)63-57(43)48)56(47)61(51)55-35-50(59-58(60-55)37-16-5-2-6-17-37)41-28-30-46-44-20-7-9-26-52(44)62-54(46)34-41/h1-35H. The first kappa shape index (κ1) is 35.2. The molecule has 0 aliphatic heterocycles. The second-order valence-corrected chi connectivity index (χ2v) is 16.1. The summed E-state index contributed by atoms with van der Waals surface area (Å²) < 4.78 is 15.2. The third kappa shape index (κ3) is 5.71. The van der Waals surface area contributed by atoms with Crippen LogP contribution in [0.2, 0.25) is 0 Å². The summed E-state index contributed by atoms with van der Waals surface area (Å²) in [6, 6.07) is 74.4. The number of benzene rings is 9. The van der Waals surface area contributed by atoms with Crippen molar-refractivity contribution in [3.05, 3.63) is 212 Å². The van der Waals surface area contributed by atoms with Crippen molar-refractivity contribution in [3.63, 3.8) is 0 Å². The predicted octanol–water partition coefficient (Wildman–Crippen LogP) is 15.7. The zero-order chi connectivity index (χ0) is 41.4. The van der Waals surface area contributed by atoms with Crippen molar-refractivity contribution in [2.24, 2.45) is 0 Å². The largest absolute Gasteiger partial charge is 0.456 e. The van der Waals surface area contributed by atoms with Gasteiger partial charge in [-0.25, -0.2) is 9.97 Å². The molecule has 0 saturated heterocycles. The normalized spacial score (nSPS) is 11.8. The summed E-state index contributed by atoms with van der Waals surface area (Å²) in [5.74, 6) is 1.41. The molecule has 0 aliphatic rings. The van der Waals surface area contributed by atoms with Crippen molar-refractivity contribution in [1.82, 2.24) is 14.5 Å². The van der Waals surface area contributed by atoms with E-state index < -0.39 is 0 Å². The molecule has 0 spiro atoms. The molecule has 0 unspecified atom stereocenters. The third-order valence-corrected chi connectivity index (χ3v) is 12.4. The van der Waals surface area contributed by atoms with Gasteiger partial charge in [0.05, 0.1) is 16.7 Å². The lowest BCUT2D eigenvalue weighted by molar-refractivity contribution is 0.669. The number of fused-ring (bicyclic) bond motifs is 9. The molecule has 4 heterocycles. The number of furan rings is 2. The summed E-state index contributed by atoms with van der Waals surface area (Å²) in [5, 5.41) is 6.67. The fourth-order valence-electron chi connectivity index (χ4n) is 9.48. The van der Waals surface area contributed by atoms with Crippen LogP contribution in [0.25, 0.3) is 128 Å². The zero-order valence-corrected chi connectivity index (χ0v) is 33.9. The summed E-state index contributed by atoms with van der Waals surface area (Å²) in [5.41, 5.74) is 14.9. The zero-order valence-electron chi connectivity index (χ0n) is 33.9. The van der Waals surface area contributed by atoms with E-state index in [1.807, 2.05) is 48.5 Å². The van der Waals surface area contributed by atoms with E-state index in [0.717, 1.165) is 116 Å². The molecule has 0 atom stereocenters. The van der Waals surface area contributed by atoms with Crippen molar-refractivity contribution in [1.29, 1.82) is 0 Å². The van der Waals surface area contributed by atoms with Crippen LogP contribution in [0.3, 0.4) is 0 Å². The van der Waals surface area contributed by atoms with Gasteiger partial charge in [0, 0.05) is 60.6 Å². The van der Waals surface area contributed by atoms with Crippen LogP contribution in [-0.4, -0.2) is 14.5 Å². The Morgan fingerprint density at radius 2 is 0.937 bits per heavy atom. The molecule has 4 aromatic heterocycles. The summed E-state index contributed by atoms with van der Waals surface area (Å²) in [6.07, 6.45) is 0. The first-order valence-electron chi connectivity index (χ1n) is 21.2. The van der Waals surface area contributed by atoms with Gasteiger partial charge in [0.25, 0.3) is 0 Å². The van der Waals surface area contributed by atoms with E-state index in [1.54, 1.807) is 0 Å². The Kier molecular flexibility index (Phi) is 7.84. The van der Waals surface area contributed by atoms with Crippen molar-refractivity contribution in [2.75, 3.05) is 0 Å². The van der Waals surface area contributed by atoms with Gasteiger partial charge in [-0.05, 0) is 64.7 Å². The number of rotatable bonds is 6. The molecular weight excluding hydrogens is 771 g/mol. The van der Waals surface area contributed by atoms with Crippen molar-refractivity contribution in [2.45, 2.75) is 0 Å². The van der Waals surface area contributed by atoms with Gasteiger partial charge in [0.15, 0.2) is 5.82 Å². The molecule has 63 heavy (non-hydrogen) atoms. The smallest absolute Gasteiger partial charge is 0.162 e. The van der Waals surface area contributed by atoms with E-state index in [9.17, 15) is 0 Å². The van der Waals surface area contributed by atoms with Crippen LogP contribution >= 0.6 is 0 Å².